The Hall–Kier alpha value is -2.89. The minimum absolute atomic E-state index is 0.156. The van der Waals surface area contributed by atoms with Crippen LogP contribution in [-0.4, -0.2) is 25.4 Å². The largest absolute Gasteiger partial charge is 0.496 e. The van der Waals surface area contributed by atoms with Crippen LogP contribution < -0.4 is 14.8 Å². The zero-order valence-corrected chi connectivity index (χ0v) is 14.7. The number of hydrogen-bond donors (Lipinski definition) is 1. The number of Topliss-reactive ketones (excluding diaryl/α,β-unsaturated/α-hetero) is 1. The molecule has 5 nitrogen and oxygen atoms in total. The first-order valence-electron chi connectivity index (χ1n) is 8.38. The van der Waals surface area contributed by atoms with Gasteiger partial charge in [-0.1, -0.05) is 25.1 Å². The highest BCUT2D eigenvalue weighted by Crippen LogP contribution is 2.39. The molecule has 2 aromatic carbocycles. The maximum absolute atomic E-state index is 14.0. The molecule has 1 amide bonds. The van der Waals surface area contributed by atoms with Crippen molar-refractivity contribution in [2.45, 2.75) is 25.8 Å². The normalized spacial score (nSPS) is 15.5. The van der Waals surface area contributed by atoms with Gasteiger partial charge in [0.15, 0.2) is 12.4 Å². The van der Waals surface area contributed by atoms with Crippen molar-refractivity contribution >= 4 is 11.7 Å². The van der Waals surface area contributed by atoms with Gasteiger partial charge in [-0.15, -0.1) is 0 Å². The number of rotatable bonds is 6. The summed E-state index contributed by atoms with van der Waals surface area (Å²) in [4.78, 5) is 24.2. The predicted octanol–water partition coefficient (Wildman–Crippen LogP) is 3.22. The van der Waals surface area contributed by atoms with Gasteiger partial charge >= 0.3 is 0 Å². The number of carbonyl (C=O) groups excluding carboxylic acids is 2. The van der Waals surface area contributed by atoms with Crippen LogP contribution in [0.15, 0.2) is 36.4 Å². The Bertz CT molecular complexity index is 850. The van der Waals surface area contributed by atoms with Gasteiger partial charge < -0.3 is 14.8 Å². The maximum atomic E-state index is 14.0. The maximum Gasteiger partial charge on any atom is 0.258 e. The zero-order chi connectivity index (χ0) is 18.7. The van der Waals surface area contributed by atoms with E-state index in [2.05, 4.69) is 5.32 Å². The fraction of sp³-hybridized carbons (Fsp3) is 0.300. The molecule has 0 aliphatic heterocycles. The van der Waals surface area contributed by atoms with Gasteiger partial charge in [0.05, 0.1) is 12.7 Å². The molecule has 3 rings (SSSR count). The first kappa shape index (κ1) is 17.9. The Kier molecular flexibility index (Phi) is 5.21. The number of nitrogens with one attached hydrogen (secondary N) is 1. The van der Waals surface area contributed by atoms with E-state index in [1.807, 2.05) is 24.3 Å². The first-order valence-corrected chi connectivity index (χ1v) is 8.38. The average molecular weight is 357 g/mol. The number of fused-ring (bicyclic) bond motifs is 1. The standard InChI is InChI=1S/C20H20FNO4/c1-12-9-15(23)20-17(8-7-14(21)19(12)20)26-11-18(24)22-10-13-5-3-4-6-16(13)25-2/h3-8,12H,9-11H2,1-2H3,(H,22,24). The number of methoxy groups -OCH3 is 1. The number of amides is 1. The number of benzene rings is 2. The molecule has 0 saturated heterocycles. The molecule has 2 aromatic rings. The Labute approximate surface area is 151 Å². The van der Waals surface area contributed by atoms with Gasteiger partial charge in [0, 0.05) is 24.1 Å². The monoisotopic (exact) mass is 357 g/mol. The van der Waals surface area contributed by atoms with E-state index in [0.29, 0.717) is 17.9 Å². The quantitative estimate of drug-likeness (QED) is 0.862. The topological polar surface area (TPSA) is 64.6 Å². The van der Waals surface area contributed by atoms with E-state index in [-0.39, 0.29) is 41.9 Å². The summed E-state index contributed by atoms with van der Waals surface area (Å²) in [5.41, 5.74) is 1.48. The molecule has 6 heteroatoms. The first-order chi connectivity index (χ1) is 12.5. The van der Waals surface area contributed by atoms with Crippen molar-refractivity contribution in [1.29, 1.82) is 0 Å². The number of carbonyl (C=O) groups is 2. The van der Waals surface area contributed by atoms with E-state index >= 15 is 0 Å². The molecule has 0 aromatic heterocycles. The van der Waals surface area contributed by atoms with Crippen LogP contribution in [0, 0.1) is 5.82 Å². The van der Waals surface area contributed by atoms with Gasteiger partial charge in [0.1, 0.15) is 17.3 Å². The zero-order valence-electron chi connectivity index (χ0n) is 14.7. The van der Waals surface area contributed by atoms with Crippen LogP contribution in [0.1, 0.15) is 40.7 Å². The Morgan fingerprint density at radius 1 is 1.23 bits per heavy atom. The summed E-state index contributed by atoms with van der Waals surface area (Å²) < 4.78 is 24.7. The summed E-state index contributed by atoms with van der Waals surface area (Å²) in [6.45, 7) is 1.84. The second-order valence-electron chi connectivity index (χ2n) is 6.24. The lowest BCUT2D eigenvalue weighted by Gasteiger charge is -2.12. The molecule has 136 valence electrons. The number of halogens is 1. The van der Waals surface area contributed by atoms with E-state index in [1.54, 1.807) is 14.0 Å². The van der Waals surface area contributed by atoms with E-state index in [4.69, 9.17) is 9.47 Å². The number of ketones is 1. The molecule has 0 heterocycles. The number of para-hydroxylation sites is 1. The molecule has 1 N–H and O–H groups in total. The average Bonchev–Trinajstić information content (AvgIpc) is 2.95. The molecule has 1 atom stereocenters. The summed E-state index contributed by atoms with van der Waals surface area (Å²) >= 11 is 0. The van der Waals surface area contributed by atoms with Crippen molar-refractivity contribution < 1.29 is 23.5 Å². The lowest BCUT2D eigenvalue weighted by atomic mass is 10.0. The van der Waals surface area contributed by atoms with Crippen molar-refractivity contribution in [2.75, 3.05) is 13.7 Å². The Balaban J connectivity index is 1.63. The number of ether oxygens (including phenoxy) is 2. The molecule has 1 unspecified atom stereocenters. The summed E-state index contributed by atoms with van der Waals surface area (Å²) in [6.07, 6.45) is 0.257. The summed E-state index contributed by atoms with van der Waals surface area (Å²) in [6, 6.07) is 10.0. The lowest BCUT2D eigenvalue weighted by Crippen LogP contribution is -2.28. The minimum Gasteiger partial charge on any atom is -0.496 e. The molecule has 0 radical (unpaired) electrons. The summed E-state index contributed by atoms with van der Waals surface area (Å²) in [5.74, 6) is -0.150. The van der Waals surface area contributed by atoms with Crippen molar-refractivity contribution in [3.8, 4) is 11.5 Å². The van der Waals surface area contributed by atoms with E-state index in [1.165, 1.54) is 12.1 Å². The lowest BCUT2D eigenvalue weighted by molar-refractivity contribution is -0.123. The summed E-state index contributed by atoms with van der Waals surface area (Å²) in [7, 11) is 1.57. The second kappa shape index (κ2) is 7.56. The van der Waals surface area contributed by atoms with Crippen molar-refractivity contribution in [1.82, 2.24) is 5.32 Å². The molecule has 1 aliphatic rings. The van der Waals surface area contributed by atoms with Crippen LogP contribution in [0.3, 0.4) is 0 Å². The van der Waals surface area contributed by atoms with E-state index in [0.717, 1.165) is 5.56 Å². The van der Waals surface area contributed by atoms with Crippen molar-refractivity contribution in [3.63, 3.8) is 0 Å². The van der Waals surface area contributed by atoms with Gasteiger partial charge in [-0.25, -0.2) is 4.39 Å². The molecule has 0 spiro atoms. The molecule has 26 heavy (non-hydrogen) atoms. The fourth-order valence-electron chi connectivity index (χ4n) is 3.18. The van der Waals surface area contributed by atoms with Crippen LogP contribution in [0.5, 0.6) is 11.5 Å². The van der Waals surface area contributed by atoms with Crippen LogP contribution in [0.4, 0.5) is 4.39 Å². The van der Waals surface area contributed by atoms with Crippen LogP contribution in [0.25, 0.3) is 0 Å². The van der Waals surface area contributed by atoms with Gasteiger partial charge in [-0.3, -0.25) is 9.59 Å². The van der Waals surface area contributed by atoms with Crippen LogP contribution >= 0.6 is 0 Å². The fourth-order valence-corrected chi connectivity index (χ4v) is 3.18. The van der Waals surface area contributed by atoms with E-state index in [9.17, 15) is 14.0 Å². The Morgan fingerprint density at radius 2 is 2.00 bits per heavy atom. The third kappa shape index (κ3) is 3.54. The predicted molar refractivity (Wildman–Crippen MR) is 94.1 cm³/mol. The molecule has 0 bridgehead atoms. The molecule has 0 fully saturated rings. The number of hydrogen-bond acceptors (Lipinski definition) is 4. The highest BCUT2D eigenvalue weighted by molar-refractivity contribution is 6.03. The van der Waals surface area contributed by atoms with Gasteiger partial charge in [-0.2, -0.15) is 0 Å². The van der Waals surface area contributed by atoms with Crippen LogP contribution in [0.2, 0.25) is 0 Å². The van der Waals surface area contributed by atoms with Gasteiger partial charge in [0.25, 0.3) is 5.91 Å². The molecular formula is C20H20FNO4. The van der Waals surface area contributed by atoms with Crippen molar-refractivity contribution in [3.05, 3.63) is 58.9 Å². The van der Waals surface area contributed by atoms with Gasteiger partial charge in [-0.05, 0) is 24.1 Å². The summed E-state index contributed by atoms with van der Waals surface area (Å²) in [5, 5.41) is 2.74. The Morgan fingerprint density at radius 3 is 2.77 bits per heavy atom. The van der Waals surface area contributed by atoms with Crippen molar-refractivity contribution in [2.24, 2.45) is 0 Å². The highest BCUT2D eigenvalue weighted by atomic mass is 19.1. The molecule has 1 aliphatic carbocycles. The SMILES string of the molecule is COc1ccccc1CNC(=O)COc1ccc(F)c2c1C(=O)CC2C. The van der Waals surface area contributed by atoms with Crippen LogP contribution in [-0.2, 0) is 11.3 Å². The molecular weight excluding hydrogens is 337 g/mol. The van der Waals surface area contributed by atoms with E-state index < -0.39 is 5.82 Å². The molecule has 0 saturated carbocycles. The van der Waals surface area contributed by atoms with Gasteiger partial charge in [0.2, 0.25) is 0 Å². The third-order valence-corrected chi connectivity index (χ3v) is 4.44. The second-order valence-corrected chi connectivity index (χ2v) is 6.24. The third-order valence-electron chi connectivity index (χ3n) is 4.44. The highest BCUT2D eigenvalue weighted by Gasteiger charge is 2.32. The smallest absolute Gasteiger partial charge is 0.258 e. The minimum atomic E-state index is -0.411.